The first-order chi connectivity index (χ1) is 15.2. The minimum Gasteiger partial charge on any atom is -0.393 e. The lowest BCUT2D eigenvalue weighted by Gasteiger charge is -2.32. The zero-order valence-electron chi connectivity index (χ0n) is 17.6. The van der Waals surface area contributed by atoms with Crippen LogP contribution in [0.4, 0.5) is 17.1 Å². The number of para-hydroxylation sites is 3. The molecule has 5 nitrogen and oxygen atoms in total. The first kappa shape index (κ1) is 20.9. The minimum absolute atomic E-state index is 0.0793. The largest absolute Gasteiger partial charge is 0.393 e. The lowest BCUT2D eigenvalue weighted by atomic mass is 10.0. The lowest BCUT2D eigenvalue weighted by molar-refractivity contribution is -0.114. The van der Waals surface area contributed by atoms with Crippen LogP contribution in [0, 0.1) is 0 Å². The van der Waals surface area contributed by atoms with Crippen molar-refractivity contribution >= 4 is 23.0 Å². The monoisotopic (exact) mass is 415 g/mol. The molecule has 0 aliphatic carbocycles. The molecule has 0 spiro atoms. The Labute approximate surface area is 183 Å². The number of hydrogen-bond acceptors (Lipinski definition) is 4. The second-order valence-electron chi connectivity index (χ2n) is 7.96. The summed E-state index contributed by atoms with van der Waals surface area (Å²) in [5.41, 5.74) is 5.16. The van der Waals surface area contributed by atoms with E-state index in [0.717, 1.165) is 55.0 Å². The van der Waals surface area contributed by atoms with Gasteiger partial charge >= 0.3 is 0 Å². The van der Waals surface area contributed by atoms with Crippen LogP contribution in [0.2, 0.25) is 0 Å². The van der Waals surface area contributed by atoms with Gasteiger partial charge in [0.25, 0.3) is 0 Å². The lowest BCUT2D eigenvalue weighted by Crippen LogP contribution is -2.36. The summed E-state index contributed by atoms with van der Waals surface area (Å²) in [6.07, 6.45) is 2.10. The van der Waals surface area contributed by atoms with Gasteiger partial charge in [-0.15, -0.1) is 0 Å². The van der Waals surface area contributed by atoms with Crippen molar-refractivity contribution in [2.45, 2.75) is 25.4 Å². The van der Waals surface area contributed by atoms with Gasteiger partial charge in [0.15, 0.2) is 0 Å². The van der Waals surface area contributed by atoms with E-state index in [0.29, 0.717) is 0 Å². The maximum Gasteiger partial charge on any atom is 0.243 e. The van der Waals surface area contributed by atoms with Gasteiger partial charge in [-0.3, -0.25) is 4.79 Å². The number of piperidine rings is 1. The van der Waals surface area contributed by atoms with Crippen molar-refractivity contribution in [1.29, 1.82) is 0 Å². The van der Waals surface area contributed by atoms with Crippen molar-refractivity contribution in [3.05, 3.63) is 90.0 Å². The Hall–Kier alpha value is -3.31. The van der Waals surface area contributed by atoms with Crippen molar-refractivity contribution in [2.24, 2.45) is 0 Å². The molecule has 3 N–H and O–H groups in total. The summed E-state index contributed by atoms with van der Waals surface area (Å²) >= 11 is 0. The Kier molecular flexibility index (Phi) is 6.85. The Morgan fingerprint density at radius 3 is 2.29 bits per heavy atom. The van der Waals surface area contributed by atoms with E-state index in [4.69, 9.17) is 0 Å². The number of carbonyl (C=O) groups is 1. The van der Waals surface area contributed by atoms with Crippen molar-refractivity contribution < 1.29 is 9.90 Å². The number of rotatable bonds is 7. The van der Waals surface area contributed by atoms with Crippen molar-refractivity contribution in [2.75, 3.05) is 35.2 Å². The second kappa shape index (κ2) is 10.1. The maximum atomic E-state index is 12.7. The Balaban J connectivity index is 1.39. The zero-order valence-corrected chi connectivity index (χ0v) is 17.6. The molecule has 0 aromatic heterocycles. The Bertz CT molecular complexity index is 998. The van der Waals surface area contributed by atoms with E-state index in [9.17, 15) is 9.90 Å². The number of nitrogens with one attached hydrogen (secondary N) is 2. The van der Waals surface area contributed by atoms with Crippen LogP contribution >= 0.6 is 0 Å². The summed E-state index contributed by atoms with van der Waals surface area (Å²) < 4.78 is 0. The van der Waals surface area contributed by atoms with Crippen LogP contribution < -0.4 is 15.5 Å². The quantitative estimate of drug-likeness (QED) is 0.539. The molecule has 3 aromatic rings. The third kappa shape index (κ3) is 5.64. The van der Waals surface area contributed by atoms with Gasteiger partial charge in [0.1, 0.15) is 0 Å². The molecule has 1 saturated heterocycles. The fourth-order valence-corrected chi connectivity index (χ4v) is 3.99. The SMILES string of the molecule is O=C(CNc1ccccc1N1CCC(O)CC1)Nc1ccccc1Cc1ccccc1. The second-order valence-corrected chi connectivity index (χ2v) is 7.96. The van der Waals surface area contributed by atoms with Gasteiger partial charge in [-0.2, -0.15) is 0 Å². The van der Waals surface area contributed by atoms with E-state index in [2.05, 4.69) is 39.8 Å². The number of anilines is 3. The minimum atomic E-state index is -0.210. The molecule has 5 heteroatoms. The van der Waals surface area contributed by atoms with E-state index in [1.165, 1.54) is 5.56 Å². The normalized spacial score (nSPS) is 14.3. The highest BCUT2D eigenvalue weighted by Gasteiger charge is 2.19. The molecule has 160 valence electrons. The molecule has 1 aliphatic heterocycles. The van der Waals surface area contributed by atoms with E-state index >= 15 is 0 Å². The molecule has 4 rings (SSSR count). The standard InChI is InChI=1S/C26H29N3O2/c30-22-14-16-29(17-15-22)25-13-7-6-12-24(25)27-19-26(31)28-23-11-5-4-10-21(23)18-20-8-2-1-3-9-20/h1-13,22,27,30H,14-19H2,(H,28,31). The van der Waals surface area contributed by atoms with Crippen LogP contribution in [-0.2, 0) is 11.2 Å². The third-order valence-corrected chi connectivity index (χ3v) is 5.68. The molecule has 3 aromatic carbocycles. The van der Waals surface area contributed by atoms with Crippen LogP contribution in [0.25, 0.3) is 0 Å². The summed E-state index contributed by atoms with van der Waals surface area (Å²) in [5, 5.41) is 16.1. The number of nitrogens with zero attached hydrogens (tertiary/aromatic N) is 1. The number of aliphatic hydroxyl groups is 1. The predicted molar refractivity (Wildman–Crippen MR) is 127 cm³/mol. The van der Waals surface area contributed by atoms with Gasteiger partial charge in [0, 0.05) is 18.8 Å². The summed E-state index contributed by atoms with van der Waals surface area (Å²) in [6.45, 7) is 1.82. The molecule has 0 bridgehead atoms. The highest BCUT2D eigenvalue weighted by atomic mass is 16.3. The van der Waals surface area contributed by atoms with E-state index < -0.39 is 0 Å². The molecule has 31 heavy (non-hydrogen) atoms. The highest BCUT2D eigenvalue weighted by molar-refractivity contribution is 5.95. The number of hydrogen-bond donors (Lipinski definition) is 3. The molecule has 1 amide bonds. The number of carbonyl (C=O) groups excluding carboxylic acids is 1. The van der Waals surface area contributed by atoms with Crippen LogP contribution in [0.1, 0.15) is 24.0 Å². The highest BCUT2D eigenvalue weighted by Crippen LogP contribution is 2.28. The average molecular weight is 416 g/mol. The van der Waals surface area contributed by atoms with Gasteiger partial charge in [-0.25, -0.2) is 0 Å². The molecule has 0 radical (unpaired) electrons. The predicted octanol–water partition coefficient (Wildman–Crippen LogP) is 4.29. The van der Waals surface area contributed by atoms with Crippen LogP contribution in [0.3, 0.4) is 0 Å². The van der Waals surface area contributed by atoms with Gasteiger partial charge in [0.05, 0.1) is 24.0 Å². The molecular weight excluding hydrogens is 386 g/mol. The smallest absolute Gasteiger partial charge is 0.243 e. The molecule has 1 heterocycles. The van der Waals surface area contributed by atoms with Crippen molar-refractivity contribution in [1.82, 2.24) is 0 Å². The maximum absolute atomic E-state index is 12.7. The topological polar surface area (TPSA) is 64.6 Å². The number of aliphatic hydroxyl groups excluding tert-OH is 1. The third-order valence-electron chi connectivity index (χ3n) is 5.68. The molecular formula is C26H29N3O2. The number of amides is 1. The van der Waals surface area contributed by atoms with Gasteiger partial charge in [-0.05, 0) is 48.6 Å². The fourth-order valence-electron chi connectivity index (χ4n) is 3.99. The van der Waals surface area contributed by atoms with Crippen LogP contribution in [-0.4, -0.2) is 36.8 Å². The first-order valence-corrected chi connectivity index (χ1v) is 10.9. The molecule has 1 fully saturated rings. The number of benzene rings is 3. The van der Waals surface area contributed by atoms with Crippen LogP contribution in [0.15, 0.2) is 78.9 Å². The van der Waals surface area contributed by atoms with Crippen LogP contribution in [0.5, 0.6) is 0 Å². The summed E-state index contributed by atoms with van der Waals surface area (Å²) in [5.74, 6) is -0.0793. The summed E-state index contributed by atoms with van der Waals surface area (Å²) in [4.78, 5) is 15.0. The Morgan fingerprint density at radius 2 is 1.52 bits per heavy atom. The van der Waals surface area contributed by atoms with Crippen molar-refractivity contribution in [3.63, 3.8) is 0 Å². The Morgan fingerprint density at radius 1 is 0.871 bits per heavy atom. The van der Waals surface area contributed by atoms with E-state index in [1.54, 1.807) is 0 Å². The summed E-state index contributed by atoms with van der Waals surface area (Å²) in [6, 6.07) is 26.2. The first-order valence-electron chi connectivity index (χ1n) is 10.9. The average Bonchev–Trinajstić information content (AvgIpc) is 2.80. The molecule has 0 saturated carbocycles. The van der Waals surface area contributed by atoms with Gasteiger partial charge in [0.2, 0.25) is 5.91 Å². The van der Waals surface area contributed by atoms with Crippen molar-refractivity contribution in [3.8, 4) is 0 Å². The summed E-state index contributed by atoms with van der Waals surface area (Å²) in [7, 11) is 0. The van der Waals surface area contributed by atoms with E-state index in [-0.39, 0.29) is 18.6 Å². The van der Waals surface area contributed by atoms with Gasteiger partial charge in [-0.1, -0.05) is 60.7 Å². The van der Waals surface area contributed by atoms with Gasteiger partial charge < -0.3 is 20.6 Å². The zero-order chi connectivity index (χ0) is 21.5. The molecule has 1 aliphatic rings. The molecule has 0 atom stereocenters. The van der Waals surface area contributed by atoms with E-state index in [1.807, 2.05) is 54.6 Å². The fraction of sp³-hybridized carbons (Fsp3) is 0.269. The molecule has 0 unspecified atom stereocenters.